The van der Waals surface area contributed by atoms with Crippen LogP contribution in [0.15, 0.2) is 279 Å². The lowest BCUT2D eigenvalue weighted by atomic mass is 9.24. The van der Waals surface area contributed by atoms with Crippen LogP contribution in [0.3, 0.4) is 0 Å². The number of hydrogen-bond acceptors (Lipinski definition) is 3. The van der Waals surface area contributed by atoms with Crippen LogP contribution in [0.4, 0.5) is 47.3 Å². The fourth-order valence-electron chi connectivity index (χ4n) is 17.7. The van der Waals surface area contributed by atoms with Crippen LogP contribution in [0, 0.1) is 0 Å². The molecule has 10 heteroatoms. The van der Waals surface area contributed by atoms with Crippen LogP contribution < -0.4 is 80.1 Å². The van der Waals surface area contributed by atoms with Crippen molar-refractivity contribution in [3.05, 3.63) is 301 Å². The van der Waals surface area contributed by atoms with E-state index in [-0.39, 0.29) is 29.5 Å². The van der Waals surface area contributed by atoms with E-state index in [4.69, 9.17) is 4.74 Å². The second-order valence-corrected chi connectivity index (χ2v) is 28.1. The van der Waals surface area contributed by atoms with Crippen LogP contribution in [0.25, 0.3) is 44.5 Å². The molecule has 0 N–H and O–H groups in total. The highest BCUT2D eigenvalue weighted by Crippen LogP contribution is 2.50. The van der Waals surface area contributed by atoms with E-state index in [1.165, 1.54) is 22.2 Å². The smallest absolute Gasteiger partial charge is 0.415 e. The van der Waals surface area contributed by atoms with E-state index in [9.17, 15) is 0 Å². The van der Waals surface area contributed by atoms with Crippen LogP contribution >= 0.6 is 0 Å². The Morgan fingerprint density at radius 2 is 0.663 bits per heavy atom. The molecule has 0 bridgehead atoms. The fourth-order valence-corrected chi connectivity index (χ4v) is 17.7. The van der Waals surface area contributed by atoms with E-state index >= 15 is 13.2 Å². The molecule has 468 valence electrons. The summed E-state index contributed by atoms with van der Waals surface area (Å²) in [6.07, 6.45) is -4.96. The van der Waals surface area contributed by atoms with Crippen LogP contribution in [-0.4, -0.2) is 26.9 Å². The molecule has 0 spiro atoms. The maximum atomic E-state index is 19.2. The molecule has 0 radical (unpaired) electrons. The summed E-state index contributed by atoms with van der Waals surface area (Å²) in [4.78, 5) is 4.48. The van der Waals surface area contributed by atoms with Gasteiger partial charge in [0.05, 0.1) is 5.56 Å². The number of anilines is 6. The SMILES string of the molecule is CC(C)c1cc(C(C)C)c(B2c3ccccc3Oc3cc4c(cc32)B2c3ccccc3N3c5ccccc5B(c5c(-c6ccccc6)cccc5-c5ccccc5)c5c3c2c2c(c5C(F)(F)F)B(c3c(-c5ccccc5)cccc3-c3ccccc3)c3ccccc3N42)c(C(C)C)c1. The first-order valence-corrected chi connectivity index (χ1v) is 34.6. The Hall–Kier alpha value is -10.7. The molecule has 0 amide bonds. The second-order valence-electron chi connectivity index (χ2n) is 28.1. The topological polar surface area (TPSA) is 15.7 Å². The number of alkyl halides is 3. The molecule has 0 fully saturated rings. The largest absolute Gasteiger partial charge is 0.458 e. The third kappa shape index (κ3) is 9.02. The Morgan fingerprint density at radius 1 is 0.296 bits per heavy atom. The van der Waals surface area contributed by atoms with Gasteiger partial charge in [-0.3, -0.25) is 0 Å². The molecule has 0 saturated carbocycles. The van der Waals surface area contributed by atoms with Crippen molar-refractivity contribution in [3.8, 4) is 56.0 Å². The normalized spacial score (nSPS) is 13.6. The molecule has 3 nitrogen and oxygen atoms in total. The summed E-state index contributed by atoms with van der Waals surface area (Å²) in [7, 11) is 0. The maximum absolute atomic E-state index is 19.2. The lowest BCUT2D eigenvalue weighted by Crippen LogP contribution is -2.73. The lowest BCUT2D eigenvalue weighted by molar-refractivity contribution is -0.135. The van der Waals surface area contributed by atoms with Gasteiger partial charge in [-0.15, -0.1) is 0 Å². The first kappa shape index (κ1) is 59.8. The van der Waals surface area contributed by atoms with Crippen molar-refractivity contribution >= 4 is 127 Å². The van der Waals surface area contributed by atoms with E-state index in [1.807, 2.05) is 91.0 Å². The number of benzene rings is 13. The molecule has 13 aromatic carbocycles. The molecule has 5 heterocycles. The van der Waals surface area contributed by atoms with E-state index in [2.05, 4.69) is 239 Å². The molecule has 0 aromatic heterocycles. The number of rotatable bonds is 10. The fraction of sp³-hybridized carbons (Fsp3) is 0.114. The highest BCUT2D eigenvalue weighted by molar-refractivity contribution is 7.08. The summed E-state index contributed by atoms with van der Waals surface area (Å²) in [5, 5.41) is 0. The van der Waals surface area contributed by atoms with Crippen molar-refractivity contribution < 1.29 is 17.9 Å². The van der Waals surface area contributed by atoms with E-state index in [0.29, 0.717) is 23.0 Å². The summed E-state index contributed by atoms with van der Waals surface area (Å²) in [5.74, 6) is 2.14. The van der Waals surface area contributed by atoms with Crippen LogP contribution in [-0.2, 0) is 6.18 Å². The highest BCUT2D eigenvalue weighted by atomic mass is 19.4. The van der Waals surface area contributed by atoms with Crippen molar-refractivity contribution in [2.75, 3.05) is 9.80 Å². The van der Waals surface area contributed by atoms with Gasteiger partial charge >= 0.3 is 6.18 Å². The number of ether oxygens (including phenoxy) is 1. The summed E-state index contributed by atoms with van der Waals surface area (Å²) in [5.41, 5.74) is 24.8. The molecular weight excluding hydrogens is 1200 g/mol. The standard InChI is InChI=1S/C88H67B4F3N2O/c1-53(2)60-49-65(54(3)4)82(66(50-60)55(5)6)90-70-44-22-26-48-77(70)98-78-52-76-71(51-72(78)90)89-67-41-19-23-45-73(67)96-74-46-24-20-42-68(74)91(80-61(56-29-11-7-12-30-56)37-27-38-62(80)57-31-13-8-14-32-57)83-79(88(93,94)95)84-87(85(89)86(83)96)97(76)75-47-25-21-43-69(75)92(84)81-63(58-33-15-9-16-34-58)39-28-40-64(81)59-35-17-10-18-36-59/h7-55H,1-6H3. The third-order valence-electron chi connectivity index (χ3n) is 21.7. The van der Waals surface area contributed by atoms with Crippen LogP contribution in [0.2, 0.25) is 0 Å². The van der Waals surface area contributed by atoms with Gasteiger partial charge in [0.1, 0.15) is 11.5 Å². The Labute approximate surface area is 573 Å². The third-order valence-corrected chi connectivity index (χ3v) is 21.7. The number of fused-ring (bicyclic) bond motifs is 12. The van der Waals surface area contributed by atoms with Crippen molar-refractivity contribution in [3.63, 3.8) is 0 Å². The first-order valence-electron chi connectivity index (χ1n) is 34.6. The van der Waals surface area contributed by atoms with Gasteiger partial charge in [0.15, 0.2) is 0 Å². The maximum Gasteiger partial charge on any atom is 0.415 e. The zero-order chi connectivity index (χ0) is 66.4. The molecule has 5 aliphatic rings. The highest BCUT2D eigenvalue weighted by Gasteiger charge is 2.58. The van der Waals surface area contributed by atoms with Crippen molar-refractivity contribution in [1.82, 2.24) is 0 Å². The molecule has 0 saturated heterocycles. The predicted molar refractivity (Wildman–Crippen MR) is 409 cm³/mol. The lowest BCUT2D eigenvalue weighted by Gasteiger charge is -2.52. The minimum absolute atomic E-state index is 0.186. The van der Waals surface area contributed by atoms with Gasteiger partial charge in [-0.05, 0) is 152 Å². The Bertz CT molecular complexity index is 5240. The van der Waals surface area contributed by atoms with Gasteiger partial charge in [-0.2, -0.15) is 13.2 Å². The molecule has 5 aliphatic heterocycles. The quantitative estimate of drug-likeness (QED) is 0.127. The van der Waals surface area contributed by atoms with E-state index < -0.39 is 31.9 Å². The molecule has 0 aliphatic carbocycles. The number of hydrogen-bond donors (Lipinski definition) is 0. The Balaban J connectivity index is 1.05. The van der Waals surface area contributed by atoms with Gasteiger partial charge in [-0.25, -0.2) is 0 Å². The predicted octanol–water partition coefficient (Wildman–Crippen LogP) is 15.1. The van der Waals surface area contributed by atoms with Gasteiger partial charge in [0.25, 0.3) is 13.4 Å². The van der Waals surface area contributed by atoms with Crippen LogP contribution in [0.1, 0.15) is 81.5 Å². The van der Waals surface area contributed by atoms with E-state index in [1.54, 1.807) is 0 Å². The molecule has 0 unspecified atom stereocenters. The average molecular weight is 1270 g/mol. The van der Waals surface area contributed by atoms with Gasteiger partial charge in [-0.1, -0.05) is 307 Å². The summed E-state index contributed by atoms with van der Waals surface area (Å²) >= 11 is 0. The molecular formula is C88H67B4F3N2O. The van der Waals surface area contributed by atoms with E-state index in [0.717, 1.165) is 122 Å². The zero-order valence-corrected chi connectivity index (χ0v) is 55.5. The minimum atomic E-state index is -4.96. The summed E-state index contributed by atoms with van der Waals surface area (Å²) < 4.78 is 64.9. The number of nitrogens with zero attached hydrogens (tertiary/aromatic N) is 2. The minimum Gasteiger partial charge on any atom is -0.458 e. The van der Waals surface area contributed by atoms with Crippen molar-refractivity contribution in [2.45, 2.75) is 65.5 Å². The summed E-state index contributed by atoms with van der Waals surface area (Å²) in [6, 6.07) is 97.0. The summed E-state index contributed by atoms with van der Waals surface area (Å²) in [6.45, 7) is 11.1. The molecule has 13 aromatic rings. The van der Waals surface area contributed by atoms with Crippen molar-refractivity contribution in [2.24, 2.45) is 0 Å². The number of para-hydroxylation sites is 4. The molecule has 0 atom stereocenters. The van der Waals surface area contributed by atoms with Gasteiger partial charge in [0.2, 0.25) is 13.4 Å². The zero-order valence-electron chi connectivity index (χ0n) is 55.5. The first-order chi connectivity index (χ1) is 47.8. The van der Waals surface area contributed by atoms with Crippen LogP contribution in [0.5, 0.6) is 11.5 Å². The van der Waals surface area contributed by atoms with Gasteiger partial charge in [0, 0.05) is 40.2 Å². The molecule has 98 heavy (non-hydrogen) atoms. The van der Waals surface area contributed by atoms with Gasteiger partial charge < -0.3 is 14.5 Å². The second kappa shape index (κ2) is 23.0. The number of halogens is 3. The Morgan fingerprint density at radius 3 is 1.07 bits per heavy atom. The van der Waals surface area contributed by atoms with Crippen molar-refractivity contribution in [1.29, 1.82) is 0 Å². The molecule has 18 rings (SSSR count). The monoisotopic (exact) mass is 1270 g/mol. The average Bonchev–Trinajstić information content (AvgIpc) is 0.656. The Kier molecular flexibility index (Phi) is 14.0.